The second-order valence-electron chi connectivity index (χ2n) is 5.74. The van der Waals surface area contributed by atoms with Crippen molar-refractivity contribution < 1.29 is 4.57 Å². The van der Waals surface area contributed by atoms with Crippen LogP contribution in [0.15, 0.2) is 53.6 Å². The largest absolute Gasteiger partial charge is 0.319 e. The van der Waals surface area contributed by atoms with Crippen LogP contribution < -0.4 is 10.9 Å². The van der Waals surface area contributed by atoms with Crippen LogP contribution in [-0.4, -0.2) is 28.1 Å². The van der Waals surface area contributed by atoms with E-state index in [0.29, 0.717) is 22.2 Å². The van der Waals surface area contributed by atoms with Gasteiger partial charge >= 0.3 is 0 Å². The van der Waals surface area contributed by atoms with Crippen molar-refractivity contribution in [3.63, 3.8) is 0 Å². The van der Waals surface area contributed by atoms with Crippen molar-refractivity contribution in [1.82, 2.24) is 14.8 Å². The van der Waals surface area contributed by atoms with Crippen LogP contribution >= 0.6 is 7.14 Å². The Morgan fingerprint density at radius 3 is 2.42 bits per heavy atom. The van der Waals surface area contributed by atoms with Gasteiger partial charge in [-0.25, -0.2) is 9.67 Å². The summed E-state index contributed by atoms with van der Waals surface area (Å²) in [5.41, 5.74) is 1.51. The van der Waals surface area contributed by atoms with E-state index in [1.54, 1.807) is 55.9 Å². The van der Waals surface area contributed by atoms with E-state index in [4.69, 9.17) is 5.26 Å². The zero-order valence-electron chi connectivity index (χ0n) is 13.2. The number of nitriles is 1. The van der Waals surface area contributed by atoms with Crippen molar-refractivity contribution in [3.05, 3.63) is 64.7 Å². The first kappa shape index (κ1) is 16.0. The SMILES string of the molecule is CP(C)(=O)c1ccc(-n2[nH]cc(-c3ccc(C#N)cc3)c2=O)nc1. The van der Waals surface area contributed by atoms with Crippen LogP contribution in [0.2, 0.25) is 0 Å². The van der Waals surface area contributed by atoms with Gasteiger partial charge in [0.25, 0.3) is 5.56 Å². The summed E-state index contributed by atoms with van der Waals surface area (Å²) in [7, 11) is -2.38. The fourth-order valence-corrected chi connectivity index (χ4v) is 3.07. The number of nitrogens with zero attached hydrogens (tertiary/aromatic N) is 3. The average Bonchev–Trinajstić information content (AvgIpc) is 2.96. The second-order valence-corrected chi connectivity index (χ2v) is 8.96. The molecule has 1 N–H and O–H groups in total. The van der Waals surface area contributed by atoms with Crippen molar-refractivity contribution in [3.8, 4) is 23.0 Å². The number of hydrogen-bond acceptors (Lipinski definition) is 4. The van der Waals surface area contributed by atoms with Crippen LogP contribution in [0.1, 0.15) is 5.56 Å². The number of aromatic nitrogens is 3. The molecule has 0 amide bonds. The first-order valence-electron chi connectivity index (χ1n) is 7.23. The Kier molecular flexibility index (Phi) is 3.96. The van der Waals surface area contributed by atoms with Crippen LogP contribution in [0.5, 0.6) is 0 Å². The Morgan fingerprint density at radius 2 is 1.88 bits per heavy atom. The third kappa shape index (κ3) is 2.94. The average molecular weight is 338 g/mol. The van der Waals surface area contributed by atoms with Gasteiger partial charge in [0, 0.05) is 17.7 Å². The number of benzene rings is 1. The molecule has 0 aliphatic carbocycles. The van der Waals surface area contributed by atoms with Gasteiger partial charge in [0.1, 0.15) is 7.14 Å². The summed E-state index contributed by atoms with van der Waals surface area (Å²) >= 11 is 0. The van der Waals surface area contributed by atoms with Crippen LogP contribution in [-0.2, 0) is 4.57 Å². The van der Waals surface area contributed by atoms with E-state index in [0.717, 1.165) is 5.56 Å². The quantitative estimate of drug-likeness (QED) is 0.742. The lowest BCUT2D eigenvalue weighted by Gasteiger charge is -2.07. The standard InChI is InChI=1S/C17H15N4O2P/c1-24(2,23)14-7-8-16(19-10-14)21-17(22)15(11-20-21)13-5-3-12(9-18)4-6-13/h3-8,10-11,20H,1-2H3. The van der Waals surface area contributed by atoms with Crippen molar-refractivity contribution in [2.24, 2.45) is 0 Å². The van der Waals surface area contributed by atoms with E-state index in [9.17, 15) is 9.36 Å². The van der Waals surface area contributed by atoms with Crippen LogP contribution in [0, 0.1) is 11.3 Å². The Hall–Kier alpha value is -2.90. The monoisotopic (exact) mass is 338 g/mol. The number of hydrogen-bond donors (Lipinski definition) is 1. The molecule has 7 heteroatoms. The van der Waals surface area contributed by atoms with Crippen molar-refractivity contribution in [2.75, 3.05) is 13.3 Å². The molecule has 0 radical (unpaired) electrons. The summed E-state index contributed by atoms with van der Waals surface area (Å²) in [5.74, 6) is 0.428. The Labute approximate surface area is 138 Å². The molecule has 0 aliphatic heterocycles. The number of H-pyrrole nitrogens is 1. The van der Waals surface area contributed by atoms with Crippen LogP contribution in [0.3, 0.4) is 0 Å². The third-order valence-electron chi connectivity index (χ3n) is 3.68. The highest BCUT2D eigenvalue weighted by Crippen LogP contribution is 2.33. The molecule has 2 heterocycles. The highest BCUT2D eigenvalue weighted by molar-refractivity contribution is 7.70. The van der Waals surface area contributed by atoms with Crippen LogP contribution in [0.4, 0.5) is 0 Å². The molecule has 0 aliphatic rings. The molecule has 120 valence electrons. The molecule has 2 aromatic heterocycles. The minimum atomic E-state index is -2.38. The maximum atomic E-state index is 12.6. The summed E-state index contributed by atoms with van der Waals surface area (Å²) in [6, 6.07) is 12.2. The molecule has 0 fully saturated rings. The fraction of sp³-hybridized carbons (Fsp3) is 0.118. The molecule has 24 heavy (non-hydrogen) atoms. The lowest BCUT2D eigenvalue weighted by Crippen LogP contribution is -2.18. The lowest BCUT2D eigenvalue weighted by molar-refractivity contribution is 0.588. The van der Waals surface area contributed by atoms with Crippen LogP contribution in [0.25, 0.3) is 16.9 Å². The van der Waals surface area contributed by atoms with Crippen molar-refractivity contribution >= 4 is 12.4 Å². The first-order chi connectivity index (χ1) is 11.4. The van der Waals surface area contributed by atoms with E-state index >= 15 is 0 Å². The molecule has 0 spiro atoms. The molecule has 3 rings (SSSR count). The molecule has 0 saturated heterocycles. The van der Waals surface area contributed by atoms with Gasteiger partial charge in [-0.1, -0.05) is 12.1 Å². The number of aromatic amines is 1. The predicted octanol–water partition coefficient (Wildman–Crippen LogP) is 2.35. The zero-order valence-corrected chi connectivity index (χ0v) is 14.1. The normalized spacial score (nSPS) is 11.2. The second kappa shape index (κ2) is 5.95. The maximum absolute atomic E-state index is 12.6. The Morgan fingerprint density at radius 1 is 1.17 bits per heavy atom. The van der Waals surface area contributed by atoms with Gasteiger partial charge < -0.3 is 4.57 Å². The lowest BCUT2D eigenvalue weighted by atomic mass is 10.1. The molecule has 3 aromatic rings. The molecule has 0 unspecified atom stereocenters. The van der Waals surface area contributed by atoms with Gasteiger partial charge in [0.2, 0.25) is 0 Å². The predicted molar refractivity (Wildman–Crippen MR) is 93.4 cm³/mol. The Balaban J connectivity index is 1.99. The molecule has 0 atom stereocenters. The van der Waals surface area contributed by atoms with Gasteiger partial charge in [-0.15, -0.1) is 0 Å². The molecule has 0 bridgehead atoms. The summed E-state index contributed by atoms with van der Waals surface area (Å²) in [4.78, 5) is 16.8. The first-order valence-corrected chi connectivity index (χ1v) is 9.83. The molecule has 0 saturated carbocycles. The summed E-state index contributed by atoms with van der Waals surface area (Å²) in [6.45, 7) is 3.35. The number of nitrogens with one attached hydrogen (secondary N) is 1. The maximum Gasteiger partial charge on any atom is 0.280 e. The highest BCUT2D eigenvalue weighted by Gasteiger charge is 2.14. The number of pyridine rings is 1. The van der Waals surface area contributed by atoms with Crippen molar-refractivity contribution in [1.29, 1.82) is 5.26 Å². The fourth-order valence-electron chi connectivity index (χ4n) is 2.30. The summed E-state index contributed by atoms with van der Waals surface area (Å²) < 4.78 is 13.4. The van der Waals surface area contributed by atoms with Gasteiger partial charge in [-0.2, -0.15) is 5.26 Å². The molecular formula is C17H15N4O2P. The van der Waals surface area contributed by atoms with Gasteiger partial charge in [-0.05, 0) is 43.2 Å². The third-order valence-corrected chi connectivity index (χ3v) is 5.19. The minimum Gasteiger partial charge on any atom is -0.319 e. The number of rotatable bonds is 3. The minimum absolute atomic E-state index is 0.240. The van der Waals surface area contributed by atoms with E-state index in [1.807, 2.05) is 6.07 Å². The summed E-state index contributed by atoms with van der Waals surface area (Å²) in [6.07, 6.45) is 3.13. The molecule has 6 nitrogen and oxygen atoms in total. The van der Waals surface area contributed by atoms with Gasteiger partial charge in [0.15, 0.2) is 5.82 Å². The topological polar surface area (TPSA) is 91.5 Å². The highest BCUT2D eigenvalue weighted by atomic mass is 31.2. The van der Waals surface area contributed by atoms with Gasteiger partial charge in [-0.3, -0.25) is 9.89 Å². The van der Waals surface area contributed by atoms with E-state index in [1.165, 1.54) is 10.9 Å². The summed E-state index contributed by atoms with van der Waals surface area (Å²) in [5, 5.41) is 12.4. The Bertz CT molecular complexity index is 1020. The van der Waals surface area contributed by atoms with E-state index in [-0.39, 0.29) is 5.56 Å². The zero-order chi connectivity index (χ0) is 17.3. The van der Waals surface area contributed by atoms with Gasteiger partial charge in [0.05, 0.1) is 17.2 Å². The molecule has 1 aromatic carbocycles. The smallest absolute Gasteiger partial charge is 0.280 e. The van der Waals surface area contributed by atoms with E-state index in [2.05, 4.69) is 10.1 Å². The molecular weight excluding hydrogens is 323 g/mol. The van der Waals surface area contributed by atoms with Crippen molar-refractivity contribution in [2.45, 2.75) is 0 Å². The van der Waals surface area contributed by atoms with E-state index < -0.39 is 7.14 Å².